The molecule has 0 aliphatic rings. The molecule has 2 aromatic heterocycles. The van der Waals surface area contributed by atoms with Crippen LogP contribution in [-0.2, 0) is 0 Å². The molecule has 0 radical (unpaired) electrons. The second kappa shape index (κ2) is 8.24. The van der Waals surface area contributed by atoms with Crippen molar-refractivity contribution in [2.75, 3.05) is 5.32 Å². The first kappa shape index (κ1) is 18.8. The van der Waals surface area contributed by atoms with Crippen LogP contribution < -0.4 is 10.1 Å². The summed E-state index contributed by atoms with van der Waals surface area (Å²) in [4.78, 5) is 13.9. The quantitative estimate of drug-likeness (QED) is 0.459. The molecule has 4 rings (SSSR count). The zero-order valence-corrected chi connectivity index (χ0v) is 15.8. The Labute approximate surface area is 169 Å². The van der Waals surface area contributed by atoms with Gasteiger partial charge in [0.05, 0.1) is 16.3 Å². The van der Waals surface area contributed by atoms with Gasteiger partial charge in [0.1, 0.15) is 17.1 Å². The zero-order chi connectivity index (χ0) is 20.2. The van der Waals surface area contributed by atoms with Gasteiger partial charge in [-0.05, 0) is 41.8 Å². The average molecular weight is 411 g/mol. The topological polar surface area (TPSA) is 56.1 Å². The number of alkyl halides is 2. The van der Waals surface area contributed by atoms with Crippen molar-refractivity contribution in [3.63, 3.8) is 0 Å². The number of aromatic nitrogens is 2. The Kier molecular flexibility index (Phi) is 5.35. The van der Waals surface area contributed by atoms with Crippen molar-refractivity contribution in [2.45, 2.75) is 6.61 Å². The molecular weight excluding hydrogens is 396 g/mol. The van der Waals surface area contributed by atoms with E-state index in [1.54, 1.807) is 18.2 Å². The lowest BCUT2D eigenvalue weighted by Crippen LogP contribution is -2.18. The SMILES string of the molecule is O=C(Nc1ccccc1OC(F)F)c1cc(-c2cccs2)nn1-c1ccccc1. The fourth-order valence-corrected chi connectivity index (χ4v) is 3.49. The molecule has 0 bridgehead atoms. The smallest absolute Gasteiger partial charge is 0.387 e. The van der Waals surface area contributed by atoms with Crippen molar-refractivity contribution in [1.29, 1.82) is 0 Å². The number of halogens is 2. The Bertz CT molecular complexity index is 1110. The third-order valence-electron chi connectivity index (χ3n) is 4.07. The number of carbonyl (C=O) groups excluding carboxylic acids is 1. The van der Waals surface area contributed by atoms with E-state index in [9.17, 15) is 13.6 Å². The Morgan fingerprint density at radius 2 is 1.79 bits per heavy atom. The standard InChI is InChI=1S/C21H15F2N3O2S/c22-21(23)28-18-10-5-4-9-15(18)24-20(27)17-13-16(19-11-6-12-29-19)25-26(17)14-7-2-1-3-8-14/h1-13,21H,(H,24,27). The summed E-state index contributed by atoms with van der Waals surface area (Å²) in [5, 5.41) is 9.14. The van der Waals surface area contributed by atoms with Crippen LogP contribution in [0.25, 0.3) is 16.3 Å². The van der Waals surface area contributed by atoms with E-state index >= 15 is 0 Å². The van der Waals surface area contributed by atoms with Gasteiger partial charge in [0.15, 0.2) is 0 Å². The van der Waals surface area contributed by atoms with Gasteiger partial charge in [-0.15, -0.1) is 11.3 Å². The van der Waals surface area contributed by atoms with Gasteiger partial charge in [-0.25, -0.2) is 4.68 Å². The minimum atomic E-state index is -2.99. The van der Waals surface area contributed by atoms with Crippen molar-refractivity contribution in [2.24, 2.45) is 0 Å². The minimum Gasteiger partial charge on any atom is -0.433 e. The molecule has 0 spiro atoms. The molecule has 1 amide bonds. The second-order valence-electron chi connectivity index (χ2n) is 5.97. The number of carbonyl (C=O) groups is 1. The highest BCUT2D eigenvalue weighted by Gasteiger charge is 2.20. The summed E-state index contributed by atoms with van der Waals surface area (Å²) in [7, 11) is 0. The molecule has 146 valence electrons. The van der Waals surface area contributed by atoms with Crippen LogP contribution in [0.15, 0.2) is 78.2 Å². The van der Waals surface area contributed by atoms with Crippen molar-refractivity contribution in [1.82, 2.24) is 9.78 Å². The molecule has 0 fully saturated rings. The highest BCUT2D eigenvalue weighted by atomic mass is 32.1. The fraction of sp³-hybridized carbons (Fsp3) is 0.0476. The summed E-state index contributed by atoms with van der Waals surface area (Å²) in [5.41, 5.74) is 1.77. The highest BCUT2D eigenvalue weighted by molar-refractivity contribution is 7.13. The predicted octanol–water partition coefficient (Wildman–Crippen LogP) is 5.45. The largest absolute Gasteiger partial charge is 0.433 e. The lowest BCUT2D eigenvalue weighted by Gasteiger charge is -2.12. The van der Waals surface area contributed by atoms with Crippen LogP contribution in [0.5, 0.6) is 5.75 Å². The molecular formula is C21H15F2N3O2S. The summed E-state index contributed by atoms with van der Waals surface area (Å²) in [6, 6.07) is 20.7. The van der Waals surface area contributed by atoms with E-state index in [4.69, 9.17) is 0 Å². The third-order valence-corrected chi connectivity index (χ3v) is 4.96. The van der Waals surface area contributed by atoms with Crippen LogP contribution in [0.3, 0.4) is 0 Å². The number of hydrogen-bond donors (Lipinski definition) is 1. The minimum absolute atomic E-state index is 0.111. The van der Waals surface area contributed by atoms with Crippen molar-refractivity contribution < 1.29 is 18.3 Å². The van der Waals surface area contributed by atoms with Gasteiger partial charge in [-0.2, -0.15) is 13.9 Å². The molecule has 8 heteroatoms. The summed E-state index contributed by atoms with van der Waals surface area (Å²) >= 11 is 1.51. The van der Waals surface area contributed by atoms with Gasteiger partial charge in [-0.3, -0.25) is 4.79 Å². The second-order valence-corrected chi connectivity index (χ2v) is 6.92. The summed E-state index contributed by atoms with van der Waals surface area (Å²) in [5.74, 6) is -0.602. The van der Waals surface area contributed by atoms with Gasteiger partial charge >= 0.3 is 6.61 Å². The predicted molar refractivity (Wildman–Crippen MR) is 108 cm³/mol. The van der Waals surface area contributed by atoms with Crippen LogP contribution in [0, 0.1) is 0 Å². The molecule has 0 saturated carbocycles. The molecule has 0 aliphatic heterocycles. The van der Waals surface area contributed by atoms with Crippen LogP contribution in [-0.4, -0.2) is 22.3 Å². The van der Waals surface area contributed by atoms with E-state index in [1.165, 1.54) is 28.2 Å². The number of amides is 1. The van der Waals surface area contributed by atoms with E-state index in [0.717, 1.165) is 4.88 Å². The van der Waals surface area contributed by atoms with E-state index in [-0.39, 0.29) is 17.1 Å². The zero-order valence-electron chi connectivity index (χ0n) is 15.0. The molecule has 0 aliphatic carbocycles. The molecule has 0 saturated heterocycles. The maximum atomic E-state index is 13.0. The summed E-state index contributed by atoms with van der Waals surface area (Å²) < 4.78 is 31.3. The molecule has 5 nitrogen and oxygen atoms in total. The first-order valence-electron chi connectivity index (χ1n) is 8.66. The van der Waals surface area contributed by atoms with E-state index in [0.29, 0.717) is 11.4 Å². The maximum absolute atomic E-state index is 13.0. The van der Waals surface area contributed by atoms with E-state index < -0.39 is 12.5 Å². The van der Waals surface area contributed by atoms with Crippen molar-refractivity contribution >= 4 is 22.9 Å². The third kappa shape index (κ3) is 4.17. The normalized spacial score (nSPS) is 10.9. The molecule has 0 unspecified atom stereocenters. The lowest BCUT2D eigenvalue weighted by molar-refractivity contribution is -0.0493. The van der Waals surface area contributed by atoms with Crippen LogP contribution in [0.1, 0.15) is 10.5 Å². The molecule has 4 aromatic rings. The number of nitrogens with zero attached hydrogens (tertiary/aromatic N) is 2. The summed E-state index contributed by atoms with van der Waals surface area (Å²) in [6.07, 6.45) is 0. The monoisotopic (exact) mass is 411 g/mol. The van der Waals surface area contributed by atoms with Crippen LogP contribution >= 0.6 is 11.3 Å². The van der Waals surface area contributed by atoms with Crippen LogP contribution in [0.2, 0.25) is 0 Å². The molecule has 29 heavy (non-hydrogen) atoms. The number of para-hydroxylation sites is 3. The number of ether oxygens (including phenoxy) is 1. The maximum Gasteiger partial charge on any atom is 0.387 e. The Hall–Kier alpha value is -3.52. The van der Waals surface area contributed by atoms with Gasteiger partial charge in [0.2, 0.25) is 0 Å². The van der Waals surface area contributed by atoms with Crippen molar-refractivity contribution in [3.8, 4) is 22.0 Å². The van der Waals surface area contributed by atoms with Crippen LogP contribution in [0.4, 0.5) is 14.5 Å². The molecule has 1 N–H and O–H groups in total. The number of thiophene rings is 1. The van der Waals surface area contributed by atoms with Gasteiger partial charge in [-0.1, -0.05) is 36.4 Å². The Morgan fingerprint density at radius 1 is 1.03 bits per heavy atom. The number of rotatable bonds is 6. The average Bonchev–Trinajstić information content (AvgIpc) is 3.39. The highest BCUT2D eigenvalue weighted by Crippen LogP contribution is 2.28. The number of benzene rings is 2. The first-order chi connectivity index (χ1) is 14.1. The number of anilines is 1. The van der Waals surface area contributed by atoms with Gasteiger partial charge in [0, 0.05) is 0 Å². The summed E-state index contributed by atoms with van der Waals surface area (Å²) in [6.45, 7) is -2.99. The molecule has 0 atom stereocenters. The first-order valence-corrected chi connectivity index (χ1v) is 9.54. The fourth-order valence-electron chi connectivity index (χ4n) is 2.81. The molecule has 2 aromatic carbocycles. The van der Waals surface area contributed by atoms with Gasteiger partial charge in [0.25, 0.3) is 5.91 Å². The molecule has 2 heterocycles. The van der Waals surface area contributed by atoms with E-state index in [2.05, 4.69) is 15.2 Å². The number of nitrogens with one attached hydrogen (secondary N) is 1. The Balaban J connectivity index is 1.72. The number of hydrogen-bond acceptors (Lipinski definition) is 4. The Morgan fingerprint density at radius 3 is 2.52 bits per heavy atom. The van der Waals surface area contributed by atoms with Gasteiger partial charge < -0.3 is 10.1 Å². The van der Waals surface area contributed by atoms with E-state index in [1.807, 2.05) is 47.8 Å². The lowest BCUT2D eigenvalue weighted by atomic mass is 10.2. The van der Waals surface area contributed by atoms with Crippen molar-refractivity contribution in [3.05, 3.63) is 83.9 Å².